The van der Waals surface area contributed by atoms with Crippen molar-refractivity contribution in [3.05, 3.63) is 38.0 Å². The summed E-state index contributed by atoms with van der Waals surface area (Å²) in [7, 11) is 0. The lowest BCUT2D eigenvalue weighted by Gasteiger charge is -2.68. The Labute approximate surface area is 202 Å². The molecule has 0 aliphatic heterocycles. The fourth-order valence-electron chi connectivity index (χ4n) is 4.11. The maximum atomic E-state index is 15.7. The minimum absolute atomic E-state index is 0.449. The first kappa shape index (κ1) is 31.0. The van der Waals surface area contributed by atoms with Crippen LogP contribution in [-0.2, 0) is 28.6 Å². The first-order chi connectivity index (χ1) is 16.9. The molecule has 0 aromatic heterocycles. The third kappa shape index (κ3) is 2.69. The van der Waals surface area contributed by atoms with E-state index in [1.54, 1.807) is 0 Å². The number of halogens is 12. The summed E-state index contributed by atoms with van der Waals surface area (Å²) in [5, 5.41) is 9.88. The highest BCUT2D eigenvalue weighted by Gasteiger charge is 3.15. The number of esters is 3. The fourth-order valence-corrected chi connectivity index (χ4v) is 4.11. The molecule has 0 aromatic rings. The van der Waals surface area contributed by atoms with Gasteiger partial charge in [-0.15, -0.1) is 0 Å². The quantitative estimate of drug-likeness (QED) is 0.214. The second-order valence-corrected chi connectivity index (χ2v) is 7.70. The van der Waals surface area contributed by atoms with Crippen LogP contribution in [0.2, 0.25) is 0 Å². The molecule has 1 N–H and O–H groups in total. The first-order valence-electron chi connectivity index (χ1n) is 9.35. The SMILES string of the molecule is C=CC(=O)OC1(F)C(F)(F)C2(OC(=O)C=C)C(F)(F)C(O)(CF)C(F)(F)C(OC(=O)C=C)(C1(F)F)C2(F)F. The third-order valence-corrected chi connectivity index (χ3v) is 5.94. The number of hydrogen-bond donors (Lipinski definition) is 1. The average Bonchev–Trinajstić information content (AvgIpc) is 2.81. The van der Waals surface area contributed by atoms with Gasteiger partial charge < -0.3 is 19.3 Å². The Morgan fingerprint density at radius 2 is 0.868 bits per heavy atom. The Kier molecular flexibility index (Phi) is 6.62. The van der Waals surface area contributed by atoms with Crippen molar-refractivity contribution in [2.45, 2.75) is 52.3 Å². The average molecular weight is 580 g/mol. The molecular weight excluding hydrogens is 568 g/mol. The maximum absolute atomic E-state index is 15.7. The second-order valence-electron chi connectivity index (χ2n) is 7.70. The van der Waals surface area contributed by atoms with Gasteiger partial charge in [0.2, 0.25) is 5.60 Å². The van der Waals surface area contributed by atoms with Crippen molar-refractivity contribution in [2.75, 3.05) is 6.67 Å². The number of fused-ring (bicyclic) bond motifs is 2. The molecule has 19 heteroatoms. The van der Waals surface area contributed by atoms with E-state index in [2.05, 4.69) is 33.9 Å². The predicted octanol–water partition coefficient (Wildman–Crippen LogP) is 3.22. The molecular formula is C19H12F12O7. The van der Waals surface area contributed by atoms with E-state index in [0.29, 0.717) is 0 Å². The zero-order valence-corrected chi connectivity index (χ0v) is 18.0. The molecule has 38 heavy (non-hydrogen) atoms. The van der Waals surface area contributed by atoms with Crippen molar-refractivity contribution in [1.82, 2.24) is 0 Å². The molecule has 0 heterocycles. The van der Waals surface area contributed by atoms with Crippen molar-refractivity contribution in [2.24, 2.45) is 0 Å². The van der Waals surface area contributed by atoms with Gasteiger partial charge in [0.1, 0.15) is 6.67 Å². The third-order valence-electron chi connectivity index (χ3n) is 5.94. The molecule has 2 aliphatic rings. The lowest BCUT2D eigenvalue weighted by atomic mass is 9.49. The molecule has 2 aliphatic carbocycles. The summed E-state index contributed by atoms with van der Waals surface area (Å²) in [5.74, 6) is -53.4. The second kappa shape index (κ2) is 8.12. The number of ether oxygens (including phenoxy) is 3. The van der Waals surface area contributed by atoms with Crippen LogP contribution in [0.3, 0.4) is 0 Å². The zero-order valence-electron chi connectivity index (χ0n) is 18.0. The van der Waals surface area contributed by atoms with Gasteiger partial charge >= 0.3 is 64.6 Å². The molecule has 2 unspecified atom stereocenters. The van der Waals surface area contributed by atoms with Gasteiger partial charge in [-0.2, -0.15) is 48.3 Å². The Bertz CT molecular complexity index is 1040. The van der Waals surface area contributed by atoms with Crippen molar-refractivity contribution in [1.29, 1.82) is 0 Å². The number of aliphatic hydroxyl groups is 1. The zero-order chi connectivity index (χ0) is 30.2. The van der Waals surface area contributed by atoms with E-state index in [0.717, 1.165) is 0 Å². The van der Waals surface area contributed by atoms with E-state index in [1.807, 2.05) is 0 Å². The summed E-state index contributed by atoms with van der Waals surface area (Å²) in [6, 6.07) is 0. The van der Waals surface area contributed by atoms with E-state index in [9.17, 15) is 23.9 Å². The van der Waals surface area contributed by atoms with E-state index < -0.39 is 95.1 Å². The number of rotatable bonds is 7. The Hall–Kier alpha value is -3.25. The summed E-state index contributed by atoms with van der Waals surface area (Å²) in [4.78, 5) is 34.8. The van der Waals surface area contributed by atoms with Crippen LogP contribution < -0.4 is 0 Å². The van der Waals surface area contributed by atoms with Crippen LogP contribution in [0.5, 0.6) is 0 Å². The van der Waals surface area contributed by atoms with Crippen molar-refractivity contribution < 1.29 is 86.4 Å². The molecule has 0 spiro atoms. The topological polar surface area (TPSA) is 99.1 Å². The van der Waals surface area contributed by atoms with Gasteiger partial charge in [0.05, 0.1) is 0 Å². The van der Waals surface area contributed by atoms with Crippen LogP contribution in [0.15, 0.2) is 38.0 Å². The van der Waals surface area contributed by atoms with Gasteiger partial charge in [0.25, 0.3) is 0 Å². The standard InChI is InChI=1S/C19H12F12O7/c1-4-8(32)36-12-14(21,22)11(35,7-20)15(23,24)13(16(12,25)26,37-9(33)5-2)18(29,30)19(31,17(12,27)28)38-10(34)6-3/h4-6,35H,1-3,7H2. The van der Waals surface area contributed by atoms with Gasteiger partial charge in [0, 0.05) is 18.2 Å². The molecule has 0 radical (unpaired) electrons. The molecule has 0 amide bonds. The van der Waals surface area contributed by atoms with Gasteiger partial charge in [-0.3, -0.25) is 0 Å². The lowest BCUT2D eigenvalue weighted by Crippen LogP contribution is -3.03. The molecule has 2 rings (SSSR count). The summed E-state index contributed by atoms with van der Waals surface area (Å²) in [6.45, 7) is 3.43. The predicted molar refractivity (Wildman–Crippen MR) is 93.8 cm³/mol. The molecule has 2 bridgehead atoms. The van der Waals surface area contributed by atoms with Gasteiger partial charge in [-0.1, -0.05) is 19.7 Å². The summed E-state index contributed by atoms with van der Waals surface area (Å²) in [6.07, 6.45) is -1.48. The molecule has 2 atom stereocenters. The fraction of sp³-hybridized carbons (Fsp3) is 0.526. The van der Waals surface area contributed by atoms with Crippen LogP contribution in [0.25, 0.3) is 0 Å². The van der Waals surface area contributed by atoms with E-state index in [-0.39, 0.29) is 0 Å². The molecule has 214 valence electrons. The van der Waals surface area contributed by atoms with Crippen LogP contribution >= 0.6 is 0 Å². The first-order valence-corrected chi connectivity index (χ1v) is 9.35. The largest absolute Gasteiger partial charge is 0.436 e. The maximum Gasteiger partial charge on any atom is 0.386 e. The molecule has 0 saturated heterocycles. The Morgan fingerprint density at radius 3 is 1.13 bits per heavy atom. The molecule has 7 nitrogen and oxygen atoms in total. The number of hydrogen-bond acceptors (Lipinski definition) is 7. The molecule has 2 saturated carbocycles. The highest BCUT2D eigenvalue weighted by Crippen LogP contribution is 2.80. The van der Waals surface area contributed by atoms with Crippen LogP contribution in [0, 0.1) is 0 Å². The summed E-state index contributed by atoms with van der Waals surface area (Å²) >= 11 is 0. The van der Waals surface area contributed by atoms with Crippen LogP contribution in [0.4, 0.5) is 52.7 Å². The lowest BCUT2D eigenvalue weighted by molar-refractivity contribution is -0.581. The monoisotopic (exact) mass is 580 g/mol. The number of alkyl halides is 12. The smallest absolute Gasteiger partial charge is 0.386 e. The minimum Gasteiger partial charge on any atom is -0.436 e. The van der Waals surface area contributed by atoms with Crippen molar-refractivity contribution >= 4 is 17.9 Å². The highest BCUT2D eigenvalue weighted by atomic mass is 19.3. The van der Waals surface area contributed by atoms with E-state index >= 15 is 48.3 Å². The van der Waals surface area contributed by atoms with Gasteiger partial charge in [0.15, 0.2) is 0 Å². The summed E-state index contributed by atoms with van der Waals surface area (Å²) < 4.78 is 194. The normalized spacial score (nSPS) is 37.2. The number of carbonyl (C=O) groups is 3. The number of carbonyl (C=O) groups excluding carboxylic acids is 3. The molecule has 2 fully saturated rings. The van der Waals surface area contributed by atoms with E-state index in [1.165, 1.54) is 0 Å². The van der Waals surface area contributed by atoms with Gasteiger partial charge in [-0.25, -0.2) is 18.8 Å². The Balaban J connectivity index is 3.46. The van der Waals surface area contributed by atoms with Crippen molar-refractivity contribution in [3.63, 3.8) is 0 Å². The van der Waals surface area contributed by atoms with Crippen LogP contribution in [-0.4, -0.2) is 82.0 Å². The van der Waals surface area contributed by atoms with Gasteiger partial charge in [-0.05, 0) is 0 Å². The van der Waals surface area contributed by atoms with E-state index in [4.69, 9.17) is 0 Å². The van der Waals surface area contributed by atoms with Crippen LogP contribution in [0.1, 0.15) is 0 Å². The van der Waals surface area contributed by atoms with Crippen molar-refractivity contribution in [3.8, 4) is 0 Å². The summed E-state index contributed by atoms with van der Waals surface area (Å²) in [5.41, 5.74) is -20.8. The minimum atomic E-state index is -7.60. The highest BCUT2D eigenvalue weighted by molar-refractivity contribution is 5.84. The molecule has 0 aromatic carbocycles. The Morgan fingerprint density at radius 1 is 0.579 bits per heavy atom.